The molecule has 13 heterocycles. The molecule has 0 bridgehead atoms. The summed E-state index contributed by atoms with van der Waals surface area (Å²) in [6.07, 6.45) is 32.5. The van der Waals surface area contributed by atoms with Crippen LogP contribution in [0.5, 0.6) is 0 Å². The second-order valence-corrected chi connectivity index (χ2v) is 32.9. The fraction of sp³-hybridized carbons (Fsp3) is 0.627. The molecule has 0 aromatic carbocycles. The number of hydrogen-bond donors (Lipinski definition) is 0. The summed E-state index contributed by atoms with van der Waals surface area (Å²) in [5.74, 6) is 7.18. The van der Waals surface area contributed by atoms with E-state index >= 15 is 0 Å². The predicted molar refractivity (Wildman–Crippen MR) is 478 cm³/mol. The summed E-state index contributed by atoms with van der Waals surface area (Å²) in [6, 6.07) is 4.13. The van der Waals surface area contributed by atoms with Crippen molar-refractivity contribution in [2.24, 2.45) is 0 Å². The molecule has 0 saturated heterocycles. The standard InChI is InChI=1S/C8H14N2O.C8H14N2.C7H11ClN2.C7H13N3O.C7H13N3.C7H12N2.C6H11N3.C6H10N2O.C6H10N2S.C6H10N2.C5H9N3.C5H8N2O.C5H8N2S/c1-7(2)10-4-8(5-11-3)9-6-10;1-4-8-5-10(6-9-8)7(2)3;1-5(2)10-4-9-6(3)7(10)8;1-6(2)10-5-8-7(9-10)4-11-3;1-4-7-8-5-10(9-7)6(2)3;1-6(2)9-4-7(3)8-5-9;1-5(2)9-4-7-6(3)8-9;1-4(2)6-8-7-5(3)9-6;1-4(2)6-7-5(3)8-9-6;1-6(2)8-4-3-7-5-8;1-5(2)8-4-6-3-7-8;1-4(2)5-7-6-3-8-5;1-4(2)5-6-3-7-8-5/h4,6-7H,5H2,1-3H3;5-7H,4H2,1-3H3;4-5H,1-3H3;5-6H,4H2,1-3H3;5-6H,4H2,1-3H3;4-6H,1-3H3;4-5H,1-3H3;2*4H,1-3H3;3-6H,1-2H3;3-5H,1-2H3;2*3-4H,1-2H3. The Morgan fingerprint density at radius 2 is 0.950 bits per heavy atom. The lowest BCUT2D eigenvalue weighted by Crippen LogP contribution is -2.01. The Labute approximate surface area is 727 Å². The van der Waals surface area contributed by atoms with E-state index in [-0.39, 0.29) is 0 Å². The van der Waals surface area contributed by atoms with E-state index in [0.29, 0.717) is 109 Å². The number of methoxy groups -OCH3 is 2. The highest BCUT2D eigenvalue weighted by Gasteiger charge is 2.10. The van der Waals surface area contributed by atoms with E-state index in [0.717, 1.165) is 68.4 Å². The molecule has 0 aliphatic carbocycles. The van der Waals surface area contributed by atoms with Crippen molar-refractivity contribution in [2.45, 2.75) is 333 Å². The molecule has 0 atom stereocenters. The first-order valence-electron chi connectivity index (χ1n) is 40.9. The molecule has 0 saturated carbocycles. The number of imidazole rings is 5. The monoisotopic (exact) mass is 1720 g/mol. The second kappa shape index (κ2) is 59.8. The summed E-state index contributed by atoms with van der Waals surface area (Å²) in [5.41, 5.74) is 4.15. The van der Waals surface area contributed by atoms with Gasteiger partial charge in [-0.1, -0.05) is 80.8 Å². The minimum atomic E-state index is 0.339. The van der Waals surface area contributed by atoms with Crippen molar-refractivity contribution >= 4 is 34.7 Å². The SMILES string of the molecule is CC(C)c1ncns1.CC(C)c1nnco1.CC(C)n1ccnc1.CC(C)n1cncn1.CCc1cn(C(C)C)cn1.CCc1ncn(C(C)C)n1.COCc1cn(C(C)C)cn1.COCc1ncn(C(C)C)n1.Cc1cn(C(C)C)cn1.Cc1ncn(C(C)C)c1Cl.Cc1ncn(C(C)C)n1.Cc1nnc(C(C)C)o1.Cc1nsc(C(C)C)n1. The van der Waals surface area contributed by atoms with Gasteiger partial charge in [-0.15, -0.1) is 20.4 Å². The first-order chi connectivity index (χ1) is 56.6. The lowest BCUT2D eigenvalue weighted by molar-refractivity contribution is 0.177. The van der Waals surface area contributed by atoms with Crippen LogP contribution >= 0.6 is 34.7 Å². The molecular weight excluding hydrogens is 1580 g/mol. The highest BCUT2D eigenvalue weighted by molar-refractivity contribution is 7.05. The van der Waals surface area contributed by atoms with Crippen LogP contribution in [0.25, 0.3) is 0 Å². The van der Waals surface area contributed by atoms with Gasteiger partial charge < -0.3 is 41.1 Å². The second-order valence-electron chi connectivity index (χ2n) is 31.0. The van der Waals surface area contributed by atoms with Crippen LogP contribution in [0.1, 0.15) is 346 Å². The highest BCUT2D eigenvalue weighted by atomic mass is 35.5. The van der Waals surface area contributed by atoms with Crippen LogP contribution in [-0.4, -0.2) is 160 Å². The molecule has 0 aliphatic heterocycles. The summed E-state index contributed by atoms with van der Waals surface area (Å²) in [5, 5.41) is 34.2. The number of ether oxygens (including phenoxy) is 2. The van der Waals surface area contributed by atoms with Crippen molar-refractivity contribution in [2.75, 3.05) is 14.2 Å². The molecule has 0 spiro atoms. The summed E-state index contributed by atoms with van der Waals surface area (Å²) in [6.45, 7) is 69.1. The Bertz CT molecular complexity index is 4100. The fourth-order valence-corrected chi connectivity index (χ4v) is 9.80. The Balaban J connectivity index is 0.000000651. The third kappa shape index (κ3) is 45.6. The maximum atomic E-state index is 5.90. The summed E-state index contributed by atoms with van der Waals surface area (Å²) in [4.78, 5) is 44.6. The third-order valence-corrected chi connectivity index (χ3v) is 18.3. The molecule has 13 aromatic heterocycles. The average Bonchev–Trinajstić information content (AvgIpc) is 1.71. The molecule has 0 amide bonds. The largest absolute Gasteiger partial charge is 0.428 e. The smallest absolute Gasteiger partial charge is 0.219 e. The van der Waals surface area contributed by atoms with E-state index in [1.54, 1.807) is 76.3 Å². The van der Waals surface area contributed by atoms with Crippen LogP contribution < -0.4 is 0 Å². The molecule has 668 valence electrons. The van der Waals surface area contributed by atoms with E-state index in [4.69, 9.17) is 29.9 Å². The maximum absolute atomic E-state index is 5.90. The van der Waals surface area contributed by atoms with Gasteiger partial charge in [-0.3, -0.25) is 18.7 Å². The summed E-state index contributed by atoms with van der Waals surface area (Å²) in [7, 11) is 3.31. The Hall–Kier alpha value is -9.78. The molecule has 13 rings (SSSR count). The van der Waals surface area contributed by atoms with Crippen molar-refractivity contribution < 1.29 is 18.3 Å². The number of aryl methyl sites for hydroxylation is 7. The normalized spacial score (nSPS) is 10.7. The molecule has 34 nitrogen and oxygen atoms in total. The number of aromatic nitrogens is 30. The molecule has 37 heteroatoms. The first kappa shape index (κ1) is 108. The Morgan fingerprint density at radius 1 is 0.425 bits per heavy atom. The lowest BCUT2D eigenvalue weighted by atomic mass is 10.2. The predicted octanol–water partition coefficient (Wildman–Crippen LogP) is 20.1. The van der Waals surface area contributed by atoms with E-state index in [1.807, 2.05) is 118 Å². The van der Waals surface area contributed by atoms with Gasteiger partial charge in [0, 0.05) is 137 Å². The summed E-state index contributed by atoms with van der Waals surface area (Å²) >= 11 is 8.87. The van der Waals surface area contributed by atoms with Gasteiger partial charge in [0.2, 0.25) is 24.1 Å². The Kier molecular flexibility index (Phi) is 54.0. The van der Waals surface area contributed by atoms with Crippen LogP contribution in [0.15, 0.2) is 116 Å². The van der Waals surface area contributed by atoms with Crippen molar-refractivity contribution in [3.05, 3.63) is 186 Å². The molecule has 0 unspecified atom stereocenters. The van der Waals surface area contributed by atoms with Crippen LogP contribution in [0.2, 0.25) is 5.15 Å². The number of rotatable bonds is 19. The van der Waals surface area contributed by atoms with Crippen LogP contribution in [0, 0.1) is 34.6 Å². The third-order valence-electron chi connectivity index (χ3n) is 15.8. The number of halogens is 1. The van der Waals surface area contributed by atoms with Crippen molar-refractivity contribution in [3.63, 3.8) is 0 Å². The van der Waals surface area contributed by atoms with Crippen LogP contribution in [-0.2, 0) is 35.5 Å². The fourth-order valence-electron chi connectivity index (χ4n) is 8.36. The van der Waals surface area contributed by atoms with Gasteiger partial charge in [-0.05, 0) is 182 Å². The molecule has 0 N–H and O–H groups in total. The van der Waals surface area contributed by atoms with Gasteiger partial charge >= 0.3 is 0 Å². The van der Waals surface area contributed by atoms with E-state index in [1.165, 1.54) is 35.2 Å². The van der Waals surface area contributed by atoms with Crippen molar-refractivity contribution in [1.82, 2.24) is 146 Å². The summed E-state index contributed by atoms with van der Waals surface area (Å²) < 4.78 is 45.4. The van der Waals surface area contributed by atoms with Gasteiger partial charge in [0.15, 0.2) is 5.82 Å². The number of nitrogens with zero attached hydrogens (tertiary/aromatic N) is 30. The molecule has 0 aliphatic rings. The van der Waals surface area contributed by atoms with Gasteiger partial charge in [0.1, 0.15) is 77.2 Å². The van der Waals surface area contributed by atoms with Crippen LogP contribution in [0.3, 0.4) is 0 Å². The van der Waals surface area contributed by atoms with E-state index in [2.05, 4.69) is 295 Å². The zero-order chi connectivity index (χ0) is 90.7. The molecule has 120 heavy (non-hydrogen) atoms. The Morgan fingerprint density at radius 3 is 1.22 bits per heavy atom. The van der Waals surface area contributed by atoms with Gasteiger partial charge in [0.05, 0.1) is 61.0 Å². The van der Waals surface area contributed by atoms with Gasteiger partial charge in [-0.25, -0.2) is 54.8 Å². The zero-order valence-corrected chi connectivity index (χ0v) is 80.8. The molecule has 13 aromatic rings. The van der Waals surface area contributed by atoms with Gasteiger partial charge in [-0.2, -0.15) is 29.1 Å². The minimum absolute atomic E-state index is 0.339. The molecular formula is C83H143ClN30O4S2. The van der Waals surface area contributed by atoms with Crippen molar-refractivity contribution in [1.29, 1.82) is 0 Å². The topological polar surface area (TPSA) is 360 Å². The van der Waals surface area contributed by atoms with Crippen molar-refractivity contribution in [3.8, 4) is 0 Å². The number of hydrogen-bond acceptors (Lipinski definition) is 27. The average molecular weight is 1720 g/mol. The van der Waals surface area contributed by atoms with E-state index < -0.39 is 0 Å². The highest BCUT2D eigenvalue weighted by Crippen LogP contribution is 2.19. The van der Waals surface area contributed by atoms with Crippen LogP contribution in [0.4, 0.5) is 0 Å². The molecule has 0 fully saturated rings. The zero-order valence-electron chi connectivity index (χ0n) is 78.4. The van der Waals surface area contributed by atoms with Gasteiger partial charge in [0.25, 0.3) is 0 Å². The first-order valence-corrected chi connectivity index (χ1v) is 42.9. The maximum Gasteiger partial charge on any atom is 0.219 e. The lowest BCUT2D eigenvalue weighted by Gasteiger charge is -2.06. The quantitative estimate of drug-likeness (QED) is 0.0725. The molecule has 0 radical (unpaired) electrons. The van der Waals surface area contributed by atoms with E-state index in [9.17, 15) is 0 Å². The minimum Gasteiger partial charge on any atom is -0.428 e.